The number of rotatable bonds is 3. The highest BCUT2D eigenvalue weighted by Crippen LogP contribution is 2.23. The maximum absolute atomic E-state index is 12.9. The van der Waals surface area contributed by atoms with Gasteiger partial charge in [-0.1, -0.05) is 26.0 Å². The van der Waals surface area contributed by atoms with Gasteiger partial charge < -0.3 is 0 Å². The molecule has 0 aliphatic rings. The molecule has 0 aliphatic heterocycles. The maximum Gasteiger partial charge on any atom is 0.195 e. The topological polar surface area (TPSA) is 33.6 Å². The summed E-state index contributed by atoms with van der Waals surface area (Å²) in [6.07, 6.45) is 0. The van der Waals surface area contributed by atoms with Gasteiger partial charge in [0.25, 0.3) is 0 Å². The lowest BCUT2D eigenvalue weighted by Gasteiger charge is -2.17. The minimum absolute atomic E-state index is 0.0363. The third-order valence-corrected chi connectivity index (χ3v) is 3.28. The Hall–Kier alpha value is -1.49. The van der Waals surface area contributed by atoms with Gasteiger partial charge in [-0.15, -0.1) is 0 Å². The van der Waals surface area contributed by atoms with Crippen LogP contribution in [0, 0.1) is 10.6 Å². The normalized spacial score (nSPS) is 12.9. The summed E-state index contributed by atoms with van der Waals surface area (Å²) in [5, 5.41) is 7.07. The summed E-state index contributed by atoms with van der Waals surface area (Å²) >= 11 is 5.26. The van der Waals surface area contributed by atoms with Gasteiger partial charge in [-0.2, -0.15) is 5.10 Å². The van der Waals surface area contributed by atoms with Crippen LogP contribution >= 0.6 is 12.2 Å². The zero-order valence-corrected chi connectivity index (χ0v) is 11.5. The zero-order chi connectivity index (χ0) is 13.3. The van der Waals surface area contributed by atoms with Crippen LogP contribution in [0.3, 0.4) is 0 Å². The number of benzene rings is 1. The standard InChI is InChI=1S/C13H16FN3S/c1-8(2)12-15-16-13(18)17(12)9(3)10-4-6-11(14)7-5-10/h4-9H,1-3H3,(H,16,18). The molecule has 1 N–H and O–H groups in total. The van der Waals surface area contributed by atoms with Crippen LogP contribution in [0.25, 0.3) is 0 Å². The maximum atomic E-state index is 12.9. The molecule has 0 spiro atoms. The summed E-state index contributed by atoms with van der Waals surface area (Å²) in [6.45, 7) is 6.17. The number of nitrogens with zero attached hydrogens (tertiary/aromatic N) is 2. The van der Waals surface area contributed by atoms with E-state index >= 15 is 0 Å². The van der Waals surface area contributed by atoms with Gasteiger partial charge in [-0.3, -0.25) is 9.67 Å². The molecule has 2 aromatic rings. The monoisotopic (exact) mass is 265 g/mol. The molecule has 1 unspecified atom stereocenters. The SMILES string of the molecule is CC(C)c1n[nH]c(=S)n1C(C)c1ccc(F)cc1. The van der Waals surface area contributed by atoms with Gasteiger partial charge >= 0.3 is 0 Å². The van der Waals surface area contributed by atoms with Crippen molar-refractivity contribution in [2.75, 3.05) is 0 Å². The summed E-state index contributed by atoms with van der Waals surface area (Å²) in [6, 6.07) is 6.52. The van der Waals surface area contributed by atoms with Crippen LogP contribution < -0.4 is 0 Å². The molecule has 5 heteroatoms. The van der Waals surface area contributed by atoms with Crippen LogP contribution in [0.4, 0.5) is 4.39 Å². The summed E-state index contributed by atoms with van der Waals surface area (Å²) < 4.78 is 15.5. The molecule has 3 nitrogen and oxygen atoms in total. The summed E-state index contributed by atoms with van der Waals surface area (Å²) in [4.78, 5) is 0. The van der Waals surface area contributed by atoms with Crippen LogP contribution in [0.2, 0.25) is 0 Å². The van der Waals surface area contributed by atoms with E-state index in [-0.39, 0.29) is 17.8 Å². The first-order chi connectivity index (χ1) is 8.50. The first-order valence-electron chi connectivity index (χ1n) is 5.93. The predicted octanol–water partition coefficient (Wildman–Crippen LogP) is 3.81. The quantitative estimate of drug-likeness (QED) is 0.856. The molecule has 2 rings (SSSR count). The summed E-state index contributed by atoms with van der Waals surface area (Å²) in [5.41, 5.74) is 1.01. The third-order valence-electron chi connectivity index (χ3n) is 2.99. The molecule has 0 aliphatic carbocycles. The molecule has 1 heterocycles. The first-order valence-corrected chi connectivity index (χ1v) is 6.33. The second-order valence-electron chi connectivity index (χ2n) is 4.64. The molecule has 0 bridgehead atoms. The van der Waals surface area contributed by atoms with E-state index in [4.69, 9.17) is 12.2 Å². The zero-order valence-electron chi connectivity index (χ0n) is 10.6. The number of aromatic amines is 1. The number of hydrogen-bond acceptors (Lipinski definition) is 2. The average Bonchev–Trinajstić information content (AvgIpc) is 2.71. The number of H-pyrrole nitrogens is 1. The van der Waals surface area contributed by atoms with E-state index in [0.717, 1.165) is 11.4 Å². The van der Waals surface area contributed by atoms with E-state index in [1.807, 2.05) is 11.5 Å². The highest BCUT2D eigenvalue weighted by Gasteiger charge is 2.16. The second-order valence-corrected chi connectivity index (χ2v) is 5.03. The number of halogens is 1. The summed E-state index contributed by atoms with van der Waals surface area (Å²) in [5.74, 6) is 0.962. The van der Waals surface area contributed by atoms with Crippen molar-refractivity contribution in [2.45, 2.75) is 32.7 Å². The van der Waals surface area contributed by atoms with Crippen molar-refractivity contribution in [1.82, 2.24) is 14.8 Å². The highest BCUT2D eigenvalue weighted by atomic mass is 32.1. The minimum Gasteiger partial charge on any atom is -0.297 e. The van der Waals surface area contributed by atoms with Crippen molar-refractivity contribution in [3.05, 3.63) is 46.2 Å². The van der Waals surface area contributed by atoms with E-state index in [0.29, 0.717) is 4.77 Å². The lowest BCUT2D eigenvalue weighted by Crippen LogP contribution is -2.12. The van der Waals surface area contributed by atoms with Gasteiger partial charge in [0.1, 0.15) is 11.6 Å². The van der Waals surface area contributed by atoms with Crippen molar-refractivity contribution in [2.24, 2.45) is 0 Å². The van der Waals surface area contributed by atoms with Crippen molar-refractivity contribution < 1.29 is 4.39 Å². The highest BCUT2D eigenvalue weighted by molar-refractivity contribution is 7.71. The van der Waals surface area contributed by atoms with Crippen LogP contribution in [-0.4, -0.2) is 14.8 Å². The Labute approximate surface area is 111 Å². The van der Waals surface area contributed by atoms with Gasteiger partial charge in [0.15, 0.2) is 4.77 Å². The van der Waals surface area contributed by atoms with Crippen LogP contribution in [0.15, 0.2) is 24.3 Å². The van der Waals surface area contributed by atoms with Crippen LogP contribution in [0.1, 0.15) is 44.1 Å². The van der Waals surface area contributed by atoms with Gasteiger partial charge in [-0.25, -0.2) is 4.39 Å². The van der Waals surface area contributed by atoms with Gasteiger partial charge in [-0.05, 0) is 36.8 Å². The summed E-state index contributed by atoms with van der Waals surface area (Å²) in [7, 11) is 0. The molecule has 0 amide bonds. The molecule has 0 radical (unpaired) electrons. The second kappa shape index (κ2) is 5.02. The third kappa shape index (κ3) is 2.36. The van der Waals surface area contributed by atoms with Crippen LogP contribution in [0.5, 0.6) is 0 Å². The number of hydrogen-bond donors (Lipinski definition) is 1. The van der Waals surface area contributed by atoms with E-state index in [9.17, 15) is 4.39 Å². The first kappa shape index (κ1) is 13.0. The van der Waals surface area contributed by atoms with E-state index in [1.54, 1.807) is 12.1 Å². The lowest BCUT2D eigenvalue weighted by molar-refractivity contribution is 0.570. The Morgan fingerprint density at radius 2 is 1.83 bits per heavy atom. The van der Waals surface area contributed by atoms with Crippen molar-refractivity contribution >= 4 is 12.2 Å². The Balaban J connectivity index is 2.45. The smallest absolute Gasteiger partial charge is 0.195 e. The van der Waals surface area contributed by atoms with Gasteiger partial charge in [0.05, 0.1) is 6.04 Å². The largest absolute Gasteiger partial charge is 0.297 e. The Kier molecular flexibility index (Phi) is 3.61. The molecule has 96 valence electrons. The number of nitrogens with one attached hydrogen (secondary N) is 1. The minimum atomic E-state index is -0.231. The predicted molar refractivity (Wildman–Crippen MR) is 71.7 cm³/mol. The van der Waals surface area contributed by atoms with Crippen molar-refractivity contribution in [3.63, 3.8) is 0 Å². The fourth-order valence-corrected chi connectivity index (χ4v) is 2.29. The lowest BCUT2D eigenvalue weighted by atomic mass is 10.1. The van der Waals surface area contributed by atoms with E-state index in [1.165, 1.54) is 12.1 Å². The molecule has 0 saturated carbocycles. The Morgan fingerprint density at radius 3 is 2.39 bits per heavy atom. The molecular weight excluding hydrogens is 249 g/mol. The van der Waals surface area contributed by atoms with E-state index in [2.05, 4.69) is 24.0 Å². The van der Waals surface area contributed by atoms with Gasteiger partial charge in [0, 0.05) is 5.92 Å². The molecule has 0 saturated heterocycles. The Bertz CT molecular complexity index is 583. The molecule has 1 aromatic heterocycles. The molecule has 1 atom stereocenters. The van der Waals surface area contributed by atoms with Crippen molar-refractivity contribution in [1.29, 1.82) is 0 Å². The molecule has 18 heavy (non-hydrogen) atoms. The van der Waals surface area contributed by atoms with E-state index < -0.39 is 0 Å². The average molecular weight is 265 g/mol. The van der Waals surface area contributed by atoms with Crippen LogP contribution in [-0.2, 0) is 0 Å². The fraction of sp³-hybridized carbons (Fsp3) is 0.385. The molecular formula is C13H16FN3S. The Morgan fingerprint density at radius 1 is 1.22 bits per heavy atom. The van der Waals surface area contributed by atoms with Crippen molar-refractivity contribution in [3.8, 4) is 0 Å². The fourth-order valence-electron chi connectivity index (χ4n) is 1.99. The molecule has 0 fully saturated rings. The number of aromatic nitrogens is 3. The molecule has 1 aromatic carbocycles. The van der Waals surface area contributed by atoms with Gasteiger partial charge in [0.2, 0.25) is 0 Å².